The number of carbonyl (C=O) groups excluding carboxylic acids is 1. The zero-order valence-corrected chi connectivity index (χ0v) is 23.3. The van der Waals surface area contributed by atoms with E-state index in [1.807, 2.05) is 0 Å². The lowest BCUT2D eigenvalue weighted by Gasteiger charge is -2.49. The third-order valence-corrected chi connectivity index (χ3v) is 7.87. The number of nitrogens with two attached hydrogens (primary N) is 3. The van der Waals surface area contributed by atoms with Gasteiger partial charge in [-0.25, -0.2) is 0 Å². The highest BCUT2D eigenvalue weighted by atomic mass is 16.7. The van der Waals surface area contributed by atoms with Crippen LogP contribution in [0.2, 0.25) is 0 Å². The number of likely N-dealkylation sites (N-methyl/N-ethyl adjacent to an activating group) is 2. The SMILES string of the molecule is CNC[C@@H]1CCC(N)[C@@H](OC2[C@H](O)C(O[C@H]3OCC(C)(O)[C@H](NC)C3O)[C@H](NC(=O)[C@@H](O)[C@H](O)CN)C[C@@H]2N)O1. The van der Waals surface area contributed by atoms with Crippen LogP contribution in [0.1, 0.15) is 26.2 Å². The quantitative estimate of drug-likeness (QED) is 0.109. The van der Waals surface area contributed by atoms with Crippen LogP contribution in [0.3, 0.4) is 0 Å². The number of rotatable bonds is 11. The molecular formula is C24H48N6O10. The number of aliphatic hydroxyl groups is 5. The lowest BCUT2D eigenvalue weighted by atomic mass is 9.83. The Morgan fingerprint density at radius 3 is 2.38 bits per heavy atom. The Morgan fingerprint density at radius 2 is 1.75 bits per heavy atom. The predicted octanol–water partition coefficient (Wildman–Crippen LogP) is -5.88. The van der Waals surface area contributed by atoms with Crippen molar-refractivity contribution in [1.82, 2.24) is 16.0 Å². The molecule has 234 valence electrons. The van der Waals surface area contributed by atoms with E-state index in [4.69, 9.17) is 36.1 Å². The first-order valence-corrected chi connectivity index (χ1v) is 13.7. The summed E-state index contributed by atoms with van der Waals surface area (Å²) < 4.78 is 23.8. The van der Waals surface area contributed by atoms with E-state index >= 15 is 0 Å². The minimum atomic E-state index is -1.84. The zero-order valence-electron chi connectivity index (χ0n) is 23.3. The van der Waals surface area contributed by atoms with E-state index < -0.39 is 84.9 Å². The molecule has 0 radical (unpaired) electrons. The number of aliphatic hydroxyl groups excluding tert-OH is 4. The Kier molecular flexibility index (Phi) is 12.0. The van der Waals surface area contributed by atoms with E-state index in [9.17, 15) is 30.3 Å². The van der Waals surface area contributed by atoms with Gasteiger partial charge in [0.2, 0.25) is 0 Å². The summed E-state index contributed by atoms with van der Waals surface area (Å²) in [6.45, 7) is 1.52. The third-order valence-electron chi connectivity index (χ3n) is 7.87. The van der Waals surface area contributed by atoms with Gasteiger partial charge < -0.3 is 77.6 Å². The predicted molar refractivity (Wildman–Crippen MR) is 140 cm³/mol. The summed E-state index contributed by atoms with van der Waals surface area (Å²) in [5.74, 6) is -0.955. The van der Waals surface area contributed by atoms with Gasteiger partial charge >= 0.3 is 0 Å². The maximum atomic E-state index is 12.7. The number of ether oxygens (including phenoxy) is 4. The molecule has 16 heteroatoms. The van der Waals surface area contributed by atoms with Crippen molar-refractivity contribution in [2.24, 2.45) is 17.2 Å². The summed E-state index contributed by atoms with van der Waals surface area (Å²) in [6.07, 6.45) is -9.48. The van der Waals surface area contributed by atoms with Crippen molar-refractivity contribution >= 4 is 5.91 Å². The first kappa shape index (κ1) is 33.4. The van der Waals surface area contributed by atoms with Gasteiger partial charge in [-0.15, -0.1) is 0 Å². The van der Waals surface area contributed by atoms with Gasteiger partial charge in [0.05, 0.1) is 30.8 Å². The van der Waals surface area contributed by atoms with Crippen LogP contribution in [0.25, 0.3) is 0 Å². The maximum Gasteiger partial charge on any atom is 0.251 e. The van der Waals surface area contributed by atoms with Gasteiger partial charge in [0, 0.05) is 19.1 Å². The fourth-order valence-electron chi connectivity index (χ4n) is 5.57. The second-order valence-electron chi connectivity index (χ2n) is 11.2. The molecule has 1 saturated carbocycles. The molecule has 5 unspecified atom stereocenters. The standard InChI is InChI=1S/C24H48N6O10/c1-24(36)9-37-23(17(34)20(24)29-3)40-19-13(30-21(35)15(32)14(31)7-25)6-12(27)18(16(19)33)39-22-11(26)5-4-10(38-22)8-28-2/h10-20,22-23,28-29,31-34,36H,4-9,25-27H2,1-3H3,(H,30,35)/t10-,11?,12-,13+,14+,15-,16-,17?,18?,19?,20+,22+,23+,24?/m0/s1. The van der Waals surface area contributed by atoms with Crippen LogP contribution >= 0.6 is 0 Å². The number of nitrogens with one attached hydrogen (secondary N) is 3. The van der Waals surface area contributed by atoms with Crippen molar-refractivity contribution in [3.63, 3.8) is 0 Å². The molecule has 3 rings (SSSR count). The Morgan fingerprint density at radius 1 is 1.07 bits per heavy atom. The molecule has 2 aliphatic heterocycles. The van der Waals surface area contributed by atoms with E-state index in [-0.39, 0.29) is 25.7 Å². The topological polar surface area (TPSA) is 269 Å². The molecule has 0 spiro atoms. The molecule has 0 aromatic heterocycles. The summed E-state index contributed by atoms with van der Waals surface area (Å²) in [5.41, 5.74) is 16.6. The van der Waals surface area contributed by atoms with Crippen LogP contribution in [-0.4, -0.2) is 150 Å². The highest BCUT2D eigenvalue weighted by molar-refractivity contribution is 5.81. The highest BCUT2D eigenvalue weighted by Crippen LogP contribution is 2.32. The second kappa shape index (κ2) is 14.4. The largest absolute Gasteiger partial charge is 0.389 e. The van der Waals surface area contributed by atoms with E-state index in [2.05, 4.69) is 16.0 Å². The first-order chi connectivity index (χ1) is 18.8. The average molecular weight is 581 g/mol. The summed E-state index contributed by atoms with van der Waals surface area (Å²) in [7, 11) is 3.36. The summed E-state index contributed by atoms with van der Waals surface area (Å²) in [4.78, 5) is 12.7. The van der Waals surface area contributed by atoms with E-state index in [1.165, 1.54) is 6.92 Å². The van der Waals surface area contributed by atoms with Gasteiger partial charge in [0.15, 0.2) is 18.7 Å². The monoisotopic (exact) mass is 580 g/mol. The molecule has 1 aliphatic carbocycles. The van der Waals surface area contributed by atoms with Crippen molar-refractivity contribution in [2.75, 3.05) is 33.8 Å². The second-order valence-corrected chi connectivity index (χ2v) is 11.2. The van der Waals surface area contributed by atoms with Gasteiger partial charge in [-0.3, -0.25) is 4.79 Å². The van der Waals surface area contributed by atoms with Crippen molar-refractivity contribution < 1.29 is 49.3 Å². The Balaban J connectivity index is 1.82. The first-order valence-electron chi connectivity index (χ1n) is 13.7. The zero-order chi connectivity index (χ0) is 29.8. The minimum absolute atomic E-state index is 0.0153. The molecule has 3 aliphatic rings. The molecule has 0 aromatic carbocycles. The van der Waals surface area contributed by atoms with Crippen LogP contribution in [0.5, 0.6) is 0 Å². The molecule has 40 heavy (non-hydrogen) atoms. The fourth-order valence-corrected chi connectivity index (χ4v) is 5.57. The van der Waals surface area contributed by atoms with Gasteiger partial charge in [0.25, 0.3) is 5.91 Å². The third kappa shape index (κ3) is 7.64. The summed E-state index contributed by atoms with van der Waals surface area (Å²) in [5, 5.41) is 61.4. The van der Waals surface area contributed by atoms with Crippen molar-refractivity contribution in [2.45, 2.75) is 111 Å². The van der Waals surface area contributed by atoms with Crippen molar-refractivity contribution in [3.05, 3.63) is 0 Å². The summed E-state index contributed by atoms with van der Waals surface area (Å²) in [6, 6.07) is -3.14. The van der Waals surface area contributed by atoms with E-state index in [1.54, 1.807) is 14.1 Å². The molecule has 2 heterocycles. The lowest BCUT2D eigenvalue weighted by Crippen LogP contribution is -2.69. The van der Waals surface area contributed by atoms with Crippen molar-refractivity contribution in [3.8, 4) is 0 Å². The molecule has 3 fully saturated rings. The summed E-state index contributed by atoms with van der Waals surface area (Å²) >= 11 is 0. The minimum Gasteiger partial charge on any atom is -0.389 e. The Hall–Kier alpha value is -1.09. The molecule has 14 N–H and O–H groups in total. The van der Waals surface area contributed by atoms with Crippen LogP contribution in [0.15, 0.2) is 0 Å². The molecule has 16 nitrogen and oxygen atoms in total. The van der Waals surface area contributed by atoms with Crippen LogP contribution in [0, 0.1) is 0 Å². The fraction of sp³-hybridized carbons (Fsp3) is 0.958. The van der Waals surface area contributed by atoms with Crippen LogP contribution in [0.4, 0.5) is 0 Å². The van der Waals surface area contributed by atoms with E-state index in [0.717, 1.165) is 6.42 Å². The maximum absolute atomic E-state index is 12.7. The van der Waals surface area contributed by atoms with Gasteiger partial charge in [0.1, 0.15) is 36.1 Å². The number of hydrogen-bond donors (Lipinski definition) is 11. The highest BCUT2D eigenvalue weighted by Gasteiger charge is 2.52. The smallest absolute Gasteiger partial charge is 0.251 e. The molecule has 1 amide bonds. The average Bonchev–Trinajstić information content (AvgIpc) is 2.90. The van der Waals surface area contributed by atoms with Gasteiger partial charge in [-0.1, -0.05) is 0 Å². The van der Waals surface area contributed by atoms with Crippen molar-refractivity contribution in [1.29, 1.82) is 0 Å². The Bertz CT molecular complexity index is 814. The lowest BCUT2D eigenvalue weighted by molar-refractivity contribution is -0.307. The number of amides is 1. The normalized spacial score (nSPS) is 44.1. The molecule has 14 atom stereocenters. The van der Waals surface area contributed by atoms with Gasteiger partial charge in [-0.05, 0) is 40.3 Å². The number of carbonyl (C=O) groups is 1. The molecule has 0 aromatic rings. The van der Waals surface area contributed by atoms with Crippen LogP contribution in [-0.2, 0) is 23.7 Å². The number of hydrogen-bond acceptors (Lipinski definition) is 15. The molecule has 2 saturated heterocycles. The van der Waals surface area contributed by atoms with Gasteiger partial charge in [-0.2, -0.15) is 0 Å². The molecular weight excluding hydrogens is 532 g/mol. The Labute approximate surface area is 233 Å². The van der Waals surface area contributed by atoms with E-state index in [0.29, 0.717) is 13.0 Å². The van der Waals surface area contributed by atoms with Crippen LogP contribution < -0.4 is 33.2 Å². The molecule has 0 bridgehead atoms.